The Kier molecular flexibility index (Phi) is 8.21. The van der Waals surface area contributed by atoms with Crippen LogP contribution in [0.1, 0.15) is 48.7 Å². The van der Waals surface area contributed by atoms with E-state index < -0.39 is 0 Å². The highest BCUT2D eigenvalue weighted by atomic mass is 35.5. The fourth-order valence-electron chi connectivity index (χ4n) is 3.63. The van der Waals surface area contributed by atoms with Gasteiger partial charge in [-0.1, -0.05) is 61.5 Å². The highest BCUT2D eigenvalue weighted by Gasteiger charge is 2.30. The van der Waals surface area contributed by atoms with Crippen molar-refractivity contribution in [1.29, 1.82) is 5.26 Å². The number of benzene rings is 2. The molecule has 1 N–H and O–H groups in total. The maximum Gasteiger partial charge on any atom is 0.269 e. The van der Waals surface area contributed by atoms with Crippen molar-refractivity contribution in [3.63, 3.8) is 0 Å². The third kappa shape index (κ3) is 5.09. The Balaban J connectivity index is 2.18. The monoisotopic (exact) mass is 469 g/mol. The van der Waals surface area contributed by atoms with Crippen molar-refractivity contribution < 1.29 is 9.53 Å². The standard InChI is InChI=1S/C25H25Cl2N3O2/c1-3-4-5-6-15-29-24(31)23-22(17-7-9-18(26)10-8-17)21(16-28)25(32-2)30(23)20-13-11-19(27)12-14-20/h7-14H,3-6,15H2,1-2H3,(H,29,31). The van der Waals surface area contributed by atoms with Gasteiger partial charge in [-0.2, -0.15) is 5.26 Å². The van der Waals surface area contributed by atoms with Crippen molar-refractivity contribution in [3.8, 4) is 28.8 Å². The summed E-state index contributed by atoms with van der Waals surface area (Å²) < 4.78 is 7.29. The van der Waals surface area contributed by atoms with E-state index in [0.29, 0.717) is 39.1 Å². The number of carbonyl (C=O) groups excluding carboxylic acids is 1. The van der Waals surface area contributed by atoms with Gasteiger partial charge in [0.1, 0.15) is 17.3 Å². The van der Waals surface area contributed by atoms with E-state index in [4.69, 9.17) is 27.9 Å². The molecule has 3 aromatic rings. The van der Waals surface area contributed by atoms with E-state index in [1.807, 2.05) is 0 Å². The number of nitrogens with zero attached hydrogens (tertiary/aromatic N) is 2. The number of amides is 1. The molecule has 0 bridgehead atoms. The number of rotatable bonds is 9. The molecule has 0 spiro atoms. The molecule has 0 saturated heterocycles. The average molecular weight is 470 g/mol. The molecule has 1 amide bonds. The Morgan fingerprint density at radius 1 is 1.03 bits per heavy atom. The SMILES string of the molecule is CCCCCCNC(=O)c1c(-c2ccc(Cl)cc2)c(C#N)c(OC)n1-c1ccc(Cl)cc1. The smallest absolute Gasteiger partial charge is 0.269 e. The lowest BCUT2D eigenvalue weighted by Gasteiger charge is -2.14. The summed E-state index contributed by atoms with van der Waals surface area (Å²) in [6, 6.07) is 16.3. The molecule has 0 fully saturated rings. The molecule has 1 heterocycles. The molecular weight excluding hydrogens is 445 g/mol. The first-order chi connectivity index (χ1) is 15.5. The minimum atomic E-state index is -0.277. The summed E-state index contributed by atoms with van der Waals surface area (Å²) in [5.41, 5.74) is 2.48. The first-order valence-corrected chi connectivity index (χ1v) is 11.3. The fraction of sp³-hybridized carbons (Fsp3) is 0.280. The molecule has 0 radical (unpaired) electrons. The first-order valence-electron chi connectivity index (χ1n) is 10.5. The Morgan fingerprint density at radius 2 is 1.66 bits per heavy atom. The number of carbonyl (C=O) groups is 1. The largest absolute Gasteiger partial charge is 0.481 e. The predicted molar refractivity (Wildman–Crippen MR) is 129 cm³/mol. The molecule has 7 heteroatoms. The van der Waals surface area contributed by atoms with Crippen molar-refractivity contribution in [2.75, 3.05) is 13.7 Å². The van der Waals surface area contributed by atoms with Gasteiger partial charge < -0.3 is 10.1 Å². The van der Waals surface area contributed by atoms with Gasteiger partial charge in [0, 0.05) is 27.8 Å². The number of hydrogen-bond donors (Lipinski definition) is 1. The molecule has 1 aromatic heterocycles. The van der Waals surface area contributed by atoms with Crippen LogP contribution in [0.4, 0.5) is 0 Å². The highest BCUT2D eigenvalue weighted by molar-refractivity contribution is 6.31. The number of hydrogen-bond acceptors (Lipinski definition) is 3. The molecule has 2 aromatic carbocycles. The summed E-state index contributed by atoms with van der Waals surface area (Å²) in [4.78, 5) is 13.4. The van der Waals surface area contributed by atoms with Crippen molar-refractivity contribution in [2.24, 2.45) is 0 Å². The van der Waals surface area contributed by atoms with Crippen LogP contribution in [0.15, 0.2) is 48.5 Å². The van der Waals surface area contributed by atoms with Gasteiger partial charge in [0.25, 0.3) is 5.91 Å². The van der Waals surface area contributed by atoms with Crippen LogP contribution < -0.4 is 10.1 Å². The second kappa shape index (κ2) is 11.1. The van der Waals surface area contributed by atoms with E-state index in [0.717, 1.165) is 25.7 Å². The molecule has 0 aliphatic heterocycles. The number of nitriles is 1. The number of halogens is 2. The van der Waals surface area contributed by atoms with Crippen LogP contribution in [0.25, 0.3) is 16.8 Å². The first kappa shape index (κ1) is 23.7. The number of methoxy groups -OCH3 is 1. The molecule has 0 unspecified atom stereocenters. The molecule has 0 saturated carbocycles. The van der Waals surface area contributed by atoms with Crippen molar-refractivity contribution >= 4 is 29.1 Å². The number of nitrogens with one attached hydrogen (secondary N) is 1. The maximum atomic E-state index is 13.4. The van der Waals surface area contributed by atoms with Crippen LogP contribution >= 0.6 is 23.2 Å². The van der Waals surface area contributed by atoms with E-state index in [9.17, 15) is 10.1 Å². The molecule has 0 aliphatic rings. The molecule has 0 aliphatic carbocycles. The summed E-state index contributed by atoms with van der Waals surface area (Å²) in [7, 11) is 1.49. The minimum Gasteiger partial charge on any atom is -0.481 e. The van der Waals surface area contributed by atoms with E-state index in [1.54, 1.807) is 53.1 Å². The maximum absolute atomic E-state index is 13.4. The second-order valence-electron chi connectivity index (χ2n) is 7.35. The van der Waals surface area contributed by atoms with Gasteiger partial charge >= 0.3 is 0 Å². The molecule has 5 nitrogen and oxygen atoms in total. The zero-order valence-corrected chi connectivity index (χ0v) is 19.6. The third-order valence-electron chi connectivity index (χ3n) is 5.18. The summed E-state index contributed by atoms with van der Waals surface area (Å²) in [5, 5.41) is 14.2. The van der Waals surface area contributed by atoms with Crippen LogP contribution in [-0.4, -0.2) is 24.1 Å². The van der Waals surface area contributed by atoms with Gasteiger partial charge in [0.15, 0.2) is 0 Å². The average Bonchev–Trinajstić information content (AvgIpc) is 3.14. The summed E-state index contributed by atoms with van der Waals surface area (Å²) in [6.07, 6.45) is 4.18. The van der Waals surface area contributed by atoms with Gasteiger partial charge in [-0.25, -0.2) is 0 Å². The third-order valence-corrected chi connectivity index (χ3v) is 5.69. The van der Waals surface area contributed by atoms with Gasteiger partial charge in [0.05, 0.1) is 7.11 Å². The summed E-state index contributed by atoms with van der Waals surface area (Å²) in [5.74, 6) is 0.0112. The molecule has 32 heavy (non-hydrogen) atoms. The van der Waals surface area contributed by atoms with E-state index in [1.165, 1.54) is 7.11 Å². The van der Waals surface area contributed by atoms with Crippen molar-refractivity contribution in [1.82, 2.24) is 9.88 Å². The number of ether oxygens (including phenoxy) is 1. The molecule has 3 rings (SSSR count). The van der Waals surface area contributed by atoms with Crippen LogP contribution in [0, 0.1) is 11.3 Å². The van der Waals surface area contributed by atoms with Gasteiger partial charge in [-0.3, -0.25) is 9.36 Å². The minimum absolute atomic E-state index is 0.277. The van der Waals surface area contributed by atoms with E-state index in [2.05, 4.69) is 18.3 Å². The topological polar surface area (TPSA) is 67.1 Å². The van der Waals surface area contributed by atoms with Gasteiger partial charge in [-0.15, -0.1) is 0 Å². The zero-order valence-electron chi connectivity index (χ0n) is 18.1. The van der Waals surface area contributed by atoms with Crippen LogP contribution in [0.2, 0.25) is 10.0 Å². The van der Waals surface area contributed by atoms with E-state index in [-0.39, 0.29) is 17.4 Å². The lowest BCUT2D eigenvalue weighted by atomic mass is 10.0. The van der Waals surface area contributed by atoms with Crippen LogP contribution in [0.3, 0.4) is 0 Å². The molecular formula is C25H25Cl2N3O2. The summed E-state index contributed by atoms with van der Waals surface area (Å²) >= 11 is 12.1. The van der Waals surface area contributed by atoms with Crippen LogP contribution in [-0.2, 0) is 0 Å². The van der Waals surface area contributed by atoms with Crippen LogP contribution in [0.5, 0.6) is 5.88 Å². The van der Waals surface area contributed by atoms with Gasteiger partial charge in [-0.05, 0) is 48.4 Å². The molecule has 0 atom stereocenters. The Morgan fingerprint density at radius 3 is 2.22 bits per heavy atom. The Hall–Kier alpha value is -2.94. The zero-order chi connectivity index (χ0) is 23.1. The molecule has 166 valence electrons. The fourth-order valence-corrected chi connectivity index (χ4v) is 3.89. The summed E-state index contributed by atoms with van der Waals surface area (Å²) in [6.45, 7) is 2.70. The lowest BCUT2D eigenvalue weighted by Crippen LogP contribution is -2.27. The Labute approximate surface area is 198 Å². The second-order valence-corrected chi connectivity index (χ2v) is 8.23. The lowest BCUT2D eigenvalue weighted by molar-refractivity contribution is 0.0946. The highest BCUT2D eigenvalue weighted by Crippen LogP contribution is 2.39. The van der Waals surface area contributed by atoms with Gasteiger partial charge in [0.2, 0.25) is 5.88 Å². The number of aromatic nitrogens is 1. The normalized spacial score (nSPS) is 10.6. The predicted octanol–water partition coefficient (Wildman–Crippen LogP) is 6.64. The number of unbranched alkanes of at least 4 members (excludes halogenated alkanes) is 3. The van der Waals surface area contributed by atoms with Crippen molar-refractivity contribution in [2.45, 2.75) is 32.6 Å². The van der Waals surface area contributed by atoms with Crippen molar-refractivity contribution in [3.05, 3.63) is 69.8 Å². The van der Waals surface area contributed by atoms with E-state index >= 15 is 0 Å². The Bertz CT molecular complexity index is 1110. The quantitative estimate of drug-likeness (QED) is 0.357.